The molecule has 2 heterocycles. The van der Waals surface area contributed by atoms with E-state index in [-0.39, 0.29) is 24.8 Å². The molecule has 0 spiro atoms. The molecule has 1 saturated heterocycles. The number of hydrogen-bond donors (Lipinski definition) is 1. The zero-order chi connectivity index (χ0) is 15.0. The monoisotopic (exact) mass is 285 g/mol. The van der Waals surface area contributed by atoms with Crippen LogP contribution in [0, 0.1) is 0 Å². The van der Waals surface area contributed by atoms with E-state index >= 15 is 0 Å². The Morgan fingerprint density at radius 2 is 2.10 bits per heavy atom. The van der Waals surface area contributed by atoms with Gasteiger partial charge in [0.25, 0.3) is 5.91 Å². The summed E-state index contributed by atoms with van der Waals surface area (Å²) in [5, 5.41) is 2.24. The summed E-state index contributed by atoms with van der Waals surface area (Å²) in [7, 11) is 0. The first kappa shape index (κ1) is 13.2. The highest BCUT2D eigenvalue weighted by Crippen LogP contribution is 2.29. The second-order valence-corrected chi connectivity index (χ2v) is 4.94. The Bertz CT molecular complexity index is 706. The number of piperidine rings is 1. The first-order valence-electron chi connectivity index (χ1n) is 6.45. The minimum atomic E-state index is -0.638. The lowest BCUT2D eigenvalue weighted by atomic mass is 10.0. The Hall–Kier alpha value is -2.79. The molecule has 0 saturated carbocycles. The molecule has 1 unspecified atom stereocenters. The second kappa shape index (κ2) is 4.96. The lowest BCUT2D eigenvalue weighted by molar-refractivity contribution is -0.136. The van der Waals surface area contributed by atoms with Crippen LogP contribution >= 0.6 is 0 Å². The third-order valence-electron chi connectivity index (χ3n) is 3.68. The van der Waals surface area contributed by atoms with Gasteiger partial charge in [-0.2, -0.15) is 4.99 Å². The normalized spacial score (nSPS) is 20.9. The Kier molecular flexibility index (Phi) is 3.12. The molecular weight excluding hydrogens is 274 g/mol. The van der Waals surface area contributed by atoms with Crippen LogP contribution in [0.15, 0.2) is 23.2 Å². The fourth-order valence-electron chi connectivity index (χ4n) is 2.68. The Balaban J connectivity index is 1.88. The van der Waals surface area contributed by atoms with E-state index in [0.29, 0.717) is 23.2 Å². The van der Waals surface area contributed by atoms with E-state index in [0.717, 1.165) is 0 Å². The SMILES string of the molecule is O=C=Nc1ccc2c(c1)CN(C1CCC(=O)NC1=O)C2=O. The van der Waals surface area contributed by atoms with Gasteiger partial charge in [-0.15, -0.1) is 0 Å². The van der Waals surface area contributed by atoms with Gasteiger partial charge in [0.2, 0.25) is 17.9 Å². The van der Waals surface area contributed by atoms with E-state index < -0.39 is 11.9 Å². The van der Waals surface area contributed by atoms with Crippen LogP contribution in [0.2, 0.25) is 0 Å². The summed E-state index contributed by atoms with van der Waals surface area (Å²) in [6.07, 6.45) is 1.99. The summed E-state index contributed by atoms with van der Waals surface area (Å²) >= 11 is 0. The number of rotatable bonds is 2. The lowest BCUT2D eigenvalue weighted by Crippen LogP contribution is -2.52. The van der Waals surface area contributed by atoms with Crippen molar-refractivity contribution in [3.05, 3.63) is 29.3 Å². The molecule has 3 amide bonds. The highest BCUT2D eigenvalue weighted by Gasteiger charge is 2.38. The molecule has 1 aromatic carbocycles. The van der Waals surface area contributed by atoms with Crippen LogP contribution in [-0.2, 0) is 20.9 Å². The van der Waals surface area contributed by atoms with Crippen molar-refractivity contribution in [2.75, 3.05) is 0 Å². The van der Waals surface area contributed by atoms with Crippen molar-refractivity contribution < 1.29 is 19.2 Å². The van der Waals surface area contributed by atoms with Gasteiger partial charge < -0.3 is 4.90 Å². The molecule has 1 aromatic rings. The fraction of sp³-hybridized carbons (Fsp3) is 0.286. The third kappa shape index (κ3) is 2.23. The van der Waals surface area contributed by atoms with E-state index in [9.17, 15) is 19.2 Å². The van der Waals surface area contributed by atoms with Gasteiger partial charge in [0.15, 0.2) is 0 Å². The van der Waals surface area contributed by atoms with E-state index in [2.05, 4.69) is 10.3 Å². The topological polar surface area (TPSA) is 95.9 Å². The van der Waals surface area contributed by atoms with Crippen LogP contribution in [0.25, 0.3) is 0 Å². The minimum Gasteiger partial charge on any atom is -0.322 e. The van der Waals surface area contributed by atoms with Crippen molar-refractivity contribution in [1.82, 2.24) is 10.2 Å². The first-order valence-corrected chi connectivity index (χ1v) is 6.45. The number of nitrogens with zero attached hydrogens (tertiary/aromatic N) is 2. The van der Waals surface area contributed by atoms with Crippen molar-refractivity contribution in [2.45, 2.75) is 25.4 Å². The number of aliphatic imine (C=N–C) groups is 1. The van der Waals surface area contributed by atoms with Crippen LogP contribution in [0.4, 0.5) is 5.69 Å². The smallest absolute Gasteiger partial charge is 0.255 e. The molecule has 0 bridgehead atoms. The summed E-state index contributed by atoms with van der Waals surface area (Å²) in [6, 6.07) is 4.12. The molecule has 1 atom stereocenters. The number of carbonyl (C=O) groups excluding carboxylic acids is 4. The number of hydrogen-bond acceptors (Lipinski definition) is 5. The number of imide groups is 1. The van der Waals surface area contributed by atoms with Gasteiger partial charge in [-0.1, -0.05) is 0 Å². The van der Waals surface area contributed by atoms with Crippen LogP contribution in [-0.4, -0.2) is 34.7 Å². The number of amides is 3. The van der Waals surface area contributed by atoms with Gasteiger partial charge in [0.05, 0.1) is 5.69 Å². The standard InChI is InChI=1S/C14H11N3O4/c18-7-15-9-1-2-10-8(5-9)6-17(14(10)21)11-3-4-12(19)16-13(11)20/h1-2,5,11H,3-4,6H2,(H,16,19,20). The number of fused-ring (bicyclic) bond motifs is 1. The molecule has 0 aliphatic carbocycles. The van der Waals surface area contributed by atoms with Gasteiger partial charge in [-0.05, 0) is 30.2 Å². The van der Waals surface area contributed by atoms with E-state index in [1.807, 2.05) is 0 Å². The van der Waals surface area contributed by atoms with Gasteiger partial charge in [0.1, 0.15) is 6.04 Å². The van der Waals surface area contributed by atoms with Gasteiger partial charge in [-0.25, -0.2) is 4.79 Å². The Labute approximate surface area is 119 Å². The maximum atomic E-state index is 12.3. The summed E-state index contributed by atoms with van der Waals surface area (Å²) in [6.45, 7) is 0.267. The third-order valence-corrected chi connectivity index (χ3v) is 3.68. The van der Waals surface area contributed by atoms with Crippen molar-refractivity contribution in [1.29, 1.82) is 0 Å². The maximum Gasteiger partial charge on any atom is 0.255 e. The van der Waals surface area contributed by atoms with Crippen LogP contribution in [0.3, 0.4) is 0 Å². The molecule has 0 radical (unpaired) electrons. The van der Waals surface area contributed by atoms with Gasteiger partial charge >= 0.3 is 0 Å². The van der Waals surface area contributed by atoms with Crippen LogP contribution in [0.1, 0.15) is 28.8 Å². The molecule has 0 aromatic heterocycles. The zero-order valence-electron chi connectivity index (χ0n) is 11.0. The highest BCUT2D eigenvalue weighted by molar-refractivity contribution is 6.05. The molecule has 2 aliphatic rings. The zero-order valence-corrected chi connectivity index (χ0v) is 11.0. The largest absolute Gasteiger partial charge is 0.322 e. The number of benzene rings is 1. The lowest BCUT2D eigenvalue weighted by Gasteiger charge is -2.29. The molecule has 7 heteroatoms. The van der Waals surface area contributed by atoms with Crippen LogP contribution in [0.5, 0.6) is 0 Å². The van der Waals surface area contributed by atoms with Crippen molar-refractivity contribution in [3.63, 3.8) is 0 Å². The summed E-state index contributed by atoms with van der Waals surface area (Å²) in [4.78, 5) is 50.6. The van der Waals surface area contributed by atoms with E-state index in [1.165, 1.54) is 11.0 Å². The molecule has 3 rings (SSSR count). The molecular formula is C14H11N3O4. The molecule has 7 nitrogen and oxygen atoms in total. The number of carbonyl (C=O) groups is 3. The highest BCUT2D eigenvalue weighted by atomic mass is 16.2. The number of nitrogens with one attached hydrogen (secondary N) is 1. The van der Waals surface area contributed by atoms with Gasteiger partial charge in [-0.3, -0.25) is 19.7 Å². The molecule has 2 aliphatic heterocycles. The maximum absolute atomic E-state index is 12.3. The van der Waals surface area contributed by atoms with Crippen molar-refractivity contribution in [2.24, 2.45) is 4.99 Å². The summed E-state index contributed by atoms with van der Waals surface area (Å²) < 4.78 is 0. The molecule has 106 valence electrons. The summed E-state index contributed by atoms with van der Waals surface area (Å²) in [5.41, 5.74) is 1.62. The average molecular weight is 285 g/mol. The van der Waals surface area contributed by atoms with Gasteiger partial charge in [0, 0.05) is 18.5 Å². The van der Waals surface area contributed by atoms with Crippen molar-refractivity contribution in [3.8, 4) is 0 Å². The Morgan fingerprint density at radius 3 is 2.81 bits per heavy atom. The Morgan fingerprint density at radius 1 is 1.29 bits per heavy atom. The van der Waals surface area contributed by atoms with Crippen LogP contribution < -0.4 is 5.32 Å². The summed E-state index contributed by atoms with van der Waals surface area (Å²) in [5.74, 6) is -1.01. The number of isocyanates is 1. The second-order valence-electron chi connectivity index (χ2n) is 4.94. The fourth-order valence-corrected chi connectivity index (χ4v) is 2.68. The molecule has 1 fully saturated rings. The molecule has 1 N–H and O–H groups in total. The van der Waals surface area contributed by atoms with E-state index in [1.54, 1.807) is 18.2 Å². The quantitative estimate of drug-likeness (QED) is 0.483. The predicted octanol–water partition coefficient (Wildman–Crippen LogP) is 0.415. The predicted molar refractivity (Wildman–Crippen MR) is 70.3 cm³/mol. The van der Waals surface area contributed by atoms with Crippen molar-refractivity contribution >= 4 is 29.5 Å². The molecule has 21 heavy (non-hydrogen) atoms. The van der Waals surface area contributed by atoms with E-state index in [4.69, 9.17) is 0 Å². The minimum absolute atomic E-state index is 0.219. The average Bonchev–Trinajstić information content (AvgIpc) is 2.76. The first-order chi connectivity index (χ1) is 10.1.